The van der Waals surface area contributed by atoms with Gasteiger partial charge in [-0.2, -0.15) is 4.98 Å². The Balaban J connectivity index is 1.52. The molecule has 10 heteroatoms. The molecular formula is C20H26N6O4. The summed E-state index contributed by atoms with van der Waals surface area (Å²) >= 11 is 0. The van der Waals surface area contributed by atoms with Crippen molar-refractivity contribution in [3.8, 4) is 0 Å². The number of carbonyl (C=O) groups is 2. The van der Waals surface area contributed by atoms with Gasteiger partial charge in [-0.3, -0.25) is 4.79 Å². The Bertz CT molecular complexity index is 856. The molecule has 2 heterocycles. The lowest BCUT2D eigenvalue weighted by Crippen LogP contribution is -2.37. The maximum absolute atomic E-state index is 12.3. The van der Waals surface area contributed by atoms with Gasteiger partial charge in [0.15, 0.2) is 5.82 Å². The monoisotopic (exact) mass is 414 g/mol. The highest BCUT2D eigenvalue weighted by Crippen LogP contribution is 2.24. The Morgan fingerprint density at radius 1 is 1.20 bits per heavy atom. The van der Waals surface area contributed by atoms with E-state index in [2.05, 4.69) is 20.6 Å². The minimum absolute atomic E-state index is 0.135. The van der Waals surface area contributed by atoms with Gasteiger partial charge in [0.25, 0.3) is 0 Å². The number of alkyl carbamates (subject to hydrolysis) is 1. The summed E-state index contributed by atoms with van der Waals surface area (Å²) in [6.45, 7) is 2.60. The van der Waals surface area contributed by atoms with Crippen molar-refractivity contribution in [3.63, 3.8) is 0 Å². The van der Waals surface area contributed by atoms with Crippen molar-refractivity contribution in [2.75, 3.05) is 62.1 Å². The summed E-state index contributed by atoms with van der Waals surface area (Å²) in [6, 6.07) is 9.30. The van der Waals surface area contributed by atoms with E-state index in [1.165, 1.54) is 0 Å². The molecule has 1 saturated heterocycles. The number of hydrogen-bond donors (Lipinski definition) is 2. The number of morpholine rings is 1. The highest BCUT2D eigenvalue weighted by Gasteiger charge is 2.18. The third-order valence-electron chi connectivity index (χ3n) is 4.35. The minimum atomic E-state index is -0.666. The van der Waals surface area contributed by atoms with Gasteiger partial charge in [-0.25, -0.2) is 9.78 Å². The normalized spacial score (nSPS) is 13.5. The first-order valence-electron chi connectivity index (χ1n) is 9.64. The van der Waals surface area contributed by atoms with Gasteiger partial charge in [0.1, 0.15) is 18.8 Å². The molecule has 2 aromatic rings. The molecule has 160 valence electrons. The lowest BCUT2D eigenvalue weighted by Gasteiger charge is -2.28. The first kappa shape index (κ1) is 21.3. The number of hydrogen-bond acceptors (Lipinski definition) is 8. The van der Waals surface area contributed by atoms with Crippen LogP contribution in [0.25, 0.3) is 0 Å². The molecule has 0 atom stereocenters. The Labute approximate surface area is 175 Å². The average Bonchev–Trinajstić information content (AvgIpc) is 2.77. The van der Waals surface area contributed by atoms with Gasteiger partial charge in [0.05, 0.1) is 19.4 Å². The highest BCUT2D eigenvalue weighted by atomic mass is 16.5. The van der Waals surface area contributed by atoms with Crippen molar-refractivity contribution in [2.24, 2.45) is 0 Å². The Morgan fingerprint density at radius 2 is 1.93 bits per heavy atom. The van der Waals surface area contributed by atoms with Crippen LogP contribution in [0.15, 0.2) is 36.5 Å². The summed E-state index contributed by atoms with van der Waals surface area (Å²) in [6.07, 6.45) is 0.902. The predicted octanol–water partition coefficient (Wildman–Crippen LogP) is 1.24. The second-order valence-electron chi connectivity index (χ2n) is 6.86. The molecule has 1 aliphatic heterocycles. The van der Waals surface area contributed by atoms with E-state index in [0.717, 1.165) is 5.56 Å². The van der Waals surface area contributed by atoms with E-state index in [-0.39, 0.29) is 13.2 Å². The lowest BCUT2D eigenvalue weighted by atomic mass is 10.2. The maximum atomic E-state index is 12.3. The summed E-state index contributed by atoms with van der Waals surface area (Å²) < 4.78 is 10.4. The number of anilines is 3. The second-order valence-corrected chi connectivity index (χ2v) is 6.86. The van der Waals surface area contributed by atoms with E-state index in [9.17, 15) is 9.59 Å². The van der Waals surface area contributed by atoms with Crippen LogP contribution in [-0.2, 0) is 20.9 Å². The molecule has 0 radical (unpaired) electrons. The zero-order valence-corrected chi connectivity index (χ0v) is 17.1. The van der Waals surface area contributed by atoms with Crippen molar-refractivity contribution in [1.82, 2.24) is 15.3 Å². The number of ether oxygens (including phenoxy) is 2. The van der Waals surface area contributed by atoms with Crippen LogP contribution in [-0.4, -0.2) is 68.9 Å². The largest absolute Gasteiger partial charge is 0.445 e. The Kier molecular flexibility index (Phi) is 7.39. The van der Waals surface area contributed by atoms with Crippen LogP contribution in [0.5, 0.6) is 0 Å². The summed E-state index contributed by atoms with van der Waals surface area (Å²) in [7, 11) is 3.67. The Morgan fingerprint density at radius 3 is 2.63 bits per heavy atom. The topological polar surface area (TPSA) is 109 Å². The molecule has 1 fully saturated rings. The fraction of sp³-hybridized carbons (Fsp3) is 0.400. The van der Waals surface area contributed by atoms with Crippen molar-refractivity contribution in [1.29, 1.82) is 0 Å². The smallest absolute Gasteiger partial charge is 0.407 e. The molecule has 2 amide bonds. The predicted molar refractivity (Wildman–Crippen MR) is 113 cm³/mol. The van der Waals surface area contributed by atoms with E-state index in [4.69, 9.17) is 9.47 Å². The number of nitrogens with zero attached hydrogens (tertiary/aromatic N) is 4. The van der Waals surface area contributed by atoms with Gasteiger partial charge in [-0.1, -0.05) is 30.3 Å². The molecule has 2 N–H and O–H groups in total. The van der Waals surface area contributed by atoms with Crippen LogP contribution in [0, 0.1) is 0 Å². The first-order chi connectivity index (χ1) is 14.5. The van der Waals surface area contributed by atoms with Crippen LogP contribution in [0.1, 0.15) is 5.56 Å². The minimum Gasteiger partial charge on any atom is -0.445 e. The van der Waals surface area contributed by atoms with Gasteiger partial charge in [0.2, 0.25) is 11.9 Å². The first-order valence-corrected chi connectivity index (χ1v) is 9.64. The molecule has 3 rings (SSSR count). The van der Waals surface area contributed by atoms with Crippen LogP contribution >= 0.6 is 0 Å². The third kappa shape index (κ3) is 6.05. The Hall–Kier alpha value is -3.40. The molecule has 1 aromatic carbocycles. The van der Waals surface area contributed by atoms with Gasteiger partial charge >= 0.3 is 6.09 Å². The number of nitrogens with one attached hydrogen (secondary N) is 2. The van der Waals surface area contributed by atoms with Gasteiger partial charge < -0.3 is 29.9 Å². The number of aromatic nitrogens is 2. The van der Waals surface area contributed by atoms with Crippen LogP contribution < -0.4 is 20.4 Å². The molecule has 0 bridgehead atoms. The summed E-state index contributed by atoms with van der Waals surface area (Å²) in [4.78, 5) is 36.8. The SMILES string of the molecule is CN(C)c1nc(N2CCOCC2)ncc1NC(=O)CNC(=O)OCc1ccccc1. The third-order valence-corrected chi connectivity index (χ3v) is 4.35. The number of amides is 2. The molecule has 1 aliphatic rings. The number of benzene rings is 1. The molecule has 0 aliphatic carbocycles. The fourth-order valence-electron chi connectivity index (χ4n) is 2.83. The quantitative estimate of drug-likeness (QED) is 0.697. The van der Waals surface area contributed by atoms with E-state index in [0.29, 0.717) is 43.8 Å². The van der Waals surface area contributed by atoms with Crippen LogP contribution in [0.2, 0.25) is 0 Å². The summed E-state index contributed by atoms with van der Waals surface area (Å²) in [5.74, 6) is 0.756. The molecule has 10 nitrogen and oxygen atoms in total. The van der Waals surface area contributed by atoms with E-state index in [1.807, 2.05) is 49.3 Å². The number of rotatable bonds is 7. The van der Waals surface area contributed by atoms with Crippen LogP contribution in [0.3, 0.4) is 0 Å². The zero-order chi connectivity index (χ0) is 21.3. The summed E-state index contributed by atoms with van der Waals surface area (Å²) in [5, 5.41) is 5.17. The molecule has 0 unspecified atom stereocenters. The lowest BCUT2D eigenvalue weighted by molar-refractivity contribution is -0.115. The molecule has 0 spiro atoms. The maximum Gasteiger partial charge on any atom is 0.407 e. The van der Waals surface area contributed by atoms with E-state index < -0.39 is 12.0 Å². The van der Waals surface area contributed by atoms with Gasteiger partial charge in [-0.15, -0.1) is 0 Å². The highest BCUT2D eigenvalue weighted by molar-refractivity contribution is 5.96. The molecule has 0 saturated carbocycles. The molecular weight excluding hydrogens is 388 g/mol. The zero-order valence-electron chi connectivity index (χ0n) is 17.1. The van der Waals surface area contributed by atoms with Crippen molar-refractivity contribution in [2.45, 2.75) is 6.61 Å². The van der Waals surface area contributed by atoms with Crippen molar-refractivity contribution < 1.29 is 19.1 Å². The van der Waals surface area contributed by atoms with Gasteiger partial charge in [0, 0.05) is 27.2 Å². The fourth-order valence-corrected chi connectivity index (χ4v) is 2.83. The van der Waals surface area contributed by atoms with Crippen molar-refractivity contribution >= 4 is 29.5 Å². The van der Waals surface area contributed by atoms with Gasteiger partial charge in [-0.05, 0) is 5.56 Å². The molecule has 30 heavy (non-hydrogen) atoms. The average molecular weight is 414 g/mol. The number of carbonyl (C=O) groups excluding carboxylic acids is 2. The van der Waals surface area contributed by atoms with E-state index >= 15 is 0 Å². The molecule has 1 aromatic heterocycles. The van der Waals surface area contributed by atoms with Crippen LogP contribution in [0.4, 0.5) is 22.2 Å². The standard InChI is InChI=1S/C20H26N6O4/c1-25(2)18-16(12-21-19(24-18)26-8-10-29-11-9-26)23-17(27)13-22-20(28)30-14-15-6-4-3-5-7-15/h3-7,12H,8-11,13-14H2,1-2H3,(H,22,28)(H,23,27). The van der Waals surface area contributed by atoms with Crippen molar-refractivity contribution in [3.05, 3.63) is 42.1 Å². The second kappa shape index (κ2) is 10.4. The summed E-state index contributed by atoms with van der Waals surface area (Å²) in [5.41, 5.74) is 1.33. The van der Waals surface area contributed by atoms with E-state index in [1.54, 1.807) is 11.1 Å².